The number of hydrogen-bond donors (Lipinski definition) is 1. The fourth-order valence-corrected chi connectivity index (χ4v) is 3.52. The van der Waals surface area contributed by atoms with E-state index in [0.29, 0.717) is 18.6 Å². The Labute approximate surface area is 87.3 Å². The summed E-state index contributed by atoms with van der Waals surface area (Å²) in [5.41, 5.74) is 0. The van der Waals surface area contributed by atoms with Crippen LogP contribution in [0, 0.1) is 5.92 Å². The first-order valence-corrected chi connectivity index (χ1v) is 6.10. The molecule has 2 heteroatoms. The van der Waals surface area contributed by atoms with Gasteiger partial charge < -0.3 is 5.11 Å². The summed E-state index contributed by atoms with van der Waals surface area (Å²) >= 11 is 0. The van der Waals surface area contributed by atoms with Crippen LogP contribution < -0.4 is 0 Å². The van der Waals surface area contributed by atoms with E-state index < -0.39 is 0 Å². The third-order valence-electron chi connectivity index (χ3n) is 3.98. The maximum absolute atomic E-state index is 9.25. The zero-order valence-corrected chi connectivity index (χ0v) is 9.45. The van der Waals surface area contributed by atoms with Crippen LogP contribution in [0.25, 0.3) is 0 Å². The fraction of sp³-hybridized carbons (Fsp3) is 1.00. The van der Waals surface area contributed by atoms with Crippen molar-refractivity contribution in [3.05, 3.63) is 0 Å². The molecule has 2 aliphatic rings. The van der Waals surface area contributed by atoms with Crippen molar-refractivity contribution >= 4 is 0 Å². The van der Waals surface area contributed by atoms with E-state index in [9.17, 15) is 5.11 Å². The molecule has 14 heavy (non-hydrogen) atoms. The van der Waals surface area contributed by atoms with Gasteiger partial charge >= 0.3 is 0 Å². The molecule has 1 N–H and O–H groups in total. The van der Waals surface area contributed by atoms with Crippen LogP contribution in [0.2, 0.25) is 0 Å². The van der Waals surface area contributed by atoms with Crippen LogP contribution in [-0.4, -0.2) is 34.7 Å². The van der Waals surface area contributed by atoms with Crippen molar-refractivity contribution in [2.45, 2.75) is 64.1 Å². The van der Waals surface area contributed by atoms with E-state index in [0.717, 1.165) is 12.1 Å². The van der Waals surface area contributed by atoms with Crippen molar-refractivity contribution in [3.63, 3.8) is 0 Å². The van der Waals surface area contributed by atoms with Gasteiger partial charge in [0.15, 0.2) is 0 Å². The smallest absolute Gasteiger partial charge is 0.0460 e. The standard InChI is InChI=1S/C12H23NO/c1-9(2)13-11-4-3-5-12(13)7-10(6-11)8-14/h9-12,14H,3-8H2,1-2H3/t10?,11-,12+. The fourth-order valence-electron chi connectivity index (χ4n) is 3.52. The molecule has 0 amide bonds. The molecule has 2 bridgehead atoms. The summed E-state index contributed by atoms with van der Waals surface area (Å²) in [6.45, 7) is 5.02. The van der Waals surface area contributed by atoms with Crippen molar-refractivity contribution in [2.24, 2.45) is 5.92 Å². The molecule has 0 aliphatic carbocycles. The lowest BCUT2D eigenvalue weighted by Crippen LogP contribution is -2.55. The Balaban J connectivity index is 2.07. The molecular formula is C12H23NO. The van der Waals surface area contributed by atoms with Crippen molar-refractivity contribution in [1.82, 2.24) is 4.90 Å². The molecule has 3 atom stereocenters. The van der Waals surface area contributed by atoms with Crippen LogP contribution in [0.3, 0.4) is 0 Å². The maximum atomic E-state index is 9.25. The van der Waals surface area contributed by atoms with Gasteiger partial charge in [0.25, 0.3) is 0 Å². The molecule has 1 unspecified atom stereocenters. The van der Waals surface area contributed by atoms with Gasteiger partial charge in [0.2, 0.25) is 0 Å². The highest BCUT2D eigenvalue weighted by Crippen LogP contribution is 2.37. The Kier molecular flexibility index (Phi) is 3.13. The van der Waals surface area contributed by atoms with E-state index in [2.05, 4.69) is 18.7 Å². The topological polar surface area (TPSA) is 23.5 Å². The third-order valence-corrected chi connectivity index (χ3v) is 3.98. The van der Waals surface area contributed by atoms with Crippen LogP contribution in [0.4, 0.5) is 0 Å². The van der Waals surface area contributed by atoms with Crippen LogP contribution >= 0.6 is 0 Å². The lowest BCUT2D eigenvalue weighted by Gasteiger charge is -2.50. The molecule has 0 aromatic rings. The quantitative estimate of drug-likeness (QED) is 0.732. The molecule has 2 rings (SSSR count). The minimum absolute atomic E-state index is 0.402. The number of piperidine rings is 2. The second-order valence-electron chi connectivity index (χ2n) is 5.30. The average molecular weight is 197 g/mol. The monoisotopic (exact) mass is 197 g/mol. The predicted octanol–water partition coefficient (Wildman–Crippen LogP) is 2.02. The van der Waals surface area contributed by atoms with Crippen molar-refractivity contribution < 1.29 is 5.11 Å². The molecule has 0 saturated carbocycles. The molecule has 2 saturated heterocycles. The summed E-state index contributed by atoms with van der Waals surface area (Å²) in [5.74, 6) is 0.584. The van der Waals surface area contributed by atoms with Gasteiger partial charge in [0, 0.05) is 24.7 Å². The van der Waals surface area contributed by atoms with E-state index in [1.165, 1.54) is 32.1 Å². The Morgan fingerprint density at radius 1 is 1.21 bits per heavy atom. The zero-order chi connectivity index (χ0) is 10.1. The van der Waals surface area contributed by atoms with Crippen LogP contribution in [-0.2, 0) is 0 Å². The number of nitrogens with zero attached hydrogens (tertiary/aromatic N) is 1. The van der Waals surface area contributed by atoms with E-state index in [-0.39, 0.29) is 0 Å². The molecule has 0 spiro atoms. The van der Waals surface area contributed by atoms with E-state index in [1.807, 2.05) is 0 Å². The number of fused-ring (bicyclic) bond motifs is 2. The van der Waals surface area contributed by atoms with E-state index in [1.54, 1.807) is 0 Å². The largest absolute Gasteiger partial charge is 0.396 e. The van der Waals surface area contributed by atoms with Gasteiger partial charge in [-0.2, -0.15) is 0 Å². The summed E-state index contributed by atoms with van der Waals surface area (Å²) in [5, 5.41) is 9.25. The minimum atomic E-state index is 0.402. The van der Waals surface area contributed by atoms with Crippen molar-refractivity contribution in [1.29, 1.82) is 0 Å². The molecule has 2 heterocycles. The van der Waals surface area contributed by atoms with Crippen LogP contribution in [0.1, 0.15) is 46.0 Å². The Morgan fingerprint density at radius 2 is 1.79 bits per heavy atom. The summed E-state index contributed by atoms with van der Waals surface area (Å²) in [6, 6.07) is 2.21. The number of aliphatic hydroxyl groups excluding tert-OH is 1. The van der Waals surface area contributed by atoms with Gasteiger partial charge in [-0.1, -0.05) is 6.42 Å². The van der Waals surface area contributed by atoms with Gasteiger partial charge in [0.1, 0.15) is 0 Å². The van der Waals surface area contributed by atoms with Gasteiger partial charge in [-0.15, -0.1) is 0 Å². The summed E-state index contributed by atoms with van der Waals surface area (Å²) in [6.07, 6.45) is 6.56. The van der Waals surface area contributed by atoms with Gasteiger partial charge in [0.05, 0.1) is 0 Å². The van der Waals surface area contributed by atoms with Crippen molar-refractivity contribution in [3.8, 4) is 0 Å². The molecular weight excluding hydrogens is 174 g/mol. The Hall–Kier alpha value is -0.0800. The molecule has 0 aromatic carbocycles. The minimum Gasteiger partial charge on any atom is -0.396 e. The average Bonchev–Trinajstić information content (AvgIpc) is 2.15. The second-order valence-corrected chi connectivity index (χ2v) is 5.30. The SMILES string of the molecule is CC(C)N1[C@@H]2CCC[C@H]1CC(CO)C2. The molecule has 2 fully saturated rings. The van der Waals surface area contributed by atoms with Crippen LogP contribution in [0.15, 0.2) is 0 Å². The lowest BCUT2D eigenvalue weighted by molar-refractivity contribution is -0.0215. The summed E-state index contributed by atoms with van der Waals surface area (Å²) < 4.78 is 0. The number of hydrogen-bond acceptors (Lipinski definition) is 2. The second kappa shape index (κ2) is 4.19. The highest BCUT2D eigenvalue weighted by molar-refractivity contribution is 4.93. The van der Waals surface area contributed by atoms with Gasteiger partial charge in [-0.05, 0) is 45.4 Å². The van der Waals surface area contributed by atoms with Crippen LogP contribution in [0.5, 0.6) is 0 Å². The first-order chi connectivity index (χ1) is 6.72. The van der Waals surface area contributed by atoms with Gasteiger partial charge in [-0.25, -0.2) is 0 Å². The Morgan fingerprint density at radius 3 is 2.21 bits per heavy atom. The van der Waals surface area contributed by atoms with E-state index >= 15 is 0 Å². The molecule has 2 nitrogen and oxygen atoms in total. The molecule has 82 valence electrons. The predicted molar refractivity (Wildman–Crippen MR) is 58.2 cm³/mol. The first kappa shape index (κ1) is 10.4. The number of aliphatic hydroxyl groups is 1. The molecule has 0 radical (unpaired) electrons. The summed E-state index contributed by atoms with van der Waals surface area (Å²) in [7, 11) is 0. The highest BCUT2D eigenvalue weighted by Gasteiger charge is 2.38. The highest BCUT2D eigenvalue weighted by atomic mass is 16.3. The number of rotatable bonds is 2. The van der Waals surface area contributed by atoms with Crippen molar-refractivity contribution in [2.75, 3.05) is 6.61 Å². The Bertz CT molecular complexity index is 179. The van der Waals surface area contributed by atoms with E-state index in [4.69, 9.17) is 0 Å². The lowest BCUT2D eigenvalue weighted by atomic mass is 9.78. The van der Waals surface area contributed by atoms with Gasteiger partial charge in [-0.3, -0.25) is 4.90 Å². The third kappa shape index (κ3) is 1.82. The molecule has 2 aliphatic heterocycles. The first-order valence-electron chi connectivity index (χ1n) is 6.10. The maximum Gasteiger partial charge on any atom is 0.0460 e. The normalized spacial score (nSPS) is 39.0. The summed E-state index contributed by atoms with van der Waals surface area (Å²) in [4.78, 5) is 2.70. The zero-order valence-electron chi connectivity index (χ0n) is 9.45. The molecule has 0 aromatic heterocycles.